The summed E-state index contributed by atoms with van der Waals surface area (Å²) in [6, 6.07) is 13.7. The number of hydrogen-bond donors (Lipinski definition) is 2. The van der Waals surface area contributed by atoms with E-state index < -0.39 is 0 Å². The highest BCUT2D eigenvalue weighted by atomic mass is 35.5. The Morgan fingerprint density at radius 1 is 1.18 bits per heavy atom. The number of benzene rings is 2. The second-order valence-electron chi connectivity index (χ2n) is 5.05. The monoisotopic (exact) mass is 334 g/mol. The number of aryl methyl sites for hydroxylation is 1. The average molecular weight is 335 g/mol. The number of methoxy groups -OCH3 is 1. The third-order valence-electron chi connectivity index (χ3n) is 3.41. The van der Waals surface area contributed by atoms with E-state index in [4.69, 9.17) is 28.6 Å². The molecule has 0 aliphatic carbocycles. The van der Waals surface area contributed by atoms with Crippen molar-refractivity contribution < 1.29 is 4.74 Å². The zero-order valence-corrected chi connectivity index (χ0v) is 14.4. The molecule has 0 aromatic heterocycles. The van der Waals surface area contributed by atoms with Crippen molar-refractivity contribution in [2.24, 2.45) is 0 Å². The van der Waals surface area contributed by atoms with E-state index in [9.17, 15) is 0 Å². The molecule has 0 fully saturated rings. The lowest BCUT2D eigenvalue weighted by Gasteiger charge is -2.18. The maximum Gasteiger partial charge on any atom is 0.171 e. The van der Waals surface area contributed by atoms with Gasteiger partial charge in [-0.15, -0.1) is 0 Å². The molecule has 3 nitrogen and oxygen atoms in total. The molecule has 22 heavy (non-hydrogen) atoms. The van der Waals surface area contributed by atoms with Gasteiger partial charge in [0.15, 0.2) is 5.11 Å². The van der Waals surface area contributed by atoms with Crippen molar-refractivity contribution in [3.63, 3.8) is 0 Å². The minimum absolute atomic E-state index is 0.0883. The Morgan fingerprint density at radius 2 is 1.86 bits per heavy atom. The highest BCUT2D eigenvalue weighted by Crippen LogP contribution is 2.21. The van der Waals surface area contributed by atoms with Crippen LogP contribution in [0.3, 0.4) is 0 Å². The molecule has 0 bridgehead atoms. The van der Waals surface area contributed by atoms with Crippen molar-refractivity contribution in [3.8, 4) is 5.75 Å². The van der Waals surface area contributed by atoms with E-state index in [1.165, 1.54) is 0 Å². The van der Waals surface area contributed by atoms with Gasteiger partial charge in [0.1, 0.15) is 5.75 Å². The normalized spacial score (nSPS) is 11.6. The third-order valence-corrected chi connectivity index (χ3v) is 3.87. The van der Waals surface area contributed by atoms with Crippen LogP contribution in [0.2, 0.25) is 5.02 Å². The summed E-state index contributed by atoms with van der Waals surface area (Å²) in [4.78, 5) is 0. The molecule has 0 spiro atoms. The zero-order chi connectivity index (χ0) is 16.1. The summed E-state index contributed by atoms with van der Waals surface area (Å²) in [6.07, 6.45) is 0. The van der Waals surface area contributed by atoms with Crippen LogP contribution in [0.15, 0.2) is 42.5 Å². The molecule has 0 aliphatic rings. The molecule has 0 saturated heterocycles. The summed E-state index contributed by atoms with van der Waals surface area (Å²) < 4.78 is 5.16. The van der Waals surface area contributed by atoms with Gasteiger partial charge in [-0.05, 0) is 61.5 Å². The lowest BCUT2D eigenvalue weighted by Crippen LogP contribution is -2.31. The first-order valence-electron chi connectivity index (χ1n) is 6.97. The Kier molecular flexibility index (Phi) is 5.63. The van der Waals surface area contributed by atoms with Crippen LogP contribution in [0, 0.1) is 6.92 Å². The van der Waals surface area contributed by atoms with E-state index in [1.807, 2.05) is 49.4 Å². The number of hydrogen-bond acceptors (Lipinski definition) is 2. The fraction of sp³-hybridized carbons (Fsp3) is 0.235. The van der Waals surface area contributed by atoms with Crippen LogP contribution in [-0.4, -0.2) is 12.2 Å². The highest BCUT2D eigenvalue weighted by Gasteiger charge is 2.08. The van der Waals surface area contributed by atoms with Crippen LogP contribution in [-0.2, 0) is 0 Å². The second kappa shape index (κ2) is 7.47. The summed E-state index contributed by atoms with van der Waals surface area (Å²) in [5.74, 6) is 0.839. The van der Waals surface area contributed by atoms with Crippen molar-refractivity contribution in [2.75, 3.05) is 12.4 Å². The molecular weight excluding hydrogens is 316 g/mol. The quantitative estimate of drug-likeness (QED) is 0.794. The first kappa shape index (κ1) is 16.6. The van der Waals surface area contributed by atoms with Gasteiger partial charge in [-0.1, -0.05) is 29.8 Å². The first-order valence-corrected chi connectivity index (χ1v) is 7.76. The van der Waals surface area contributed by atoms with E-state index in [0.29, 0.717) is 10.1 Å². The van der Waals surface area contributed by atoms with Crippen LogP contribution < -0.4 is 15.4 Å². The Balaban J connectivity index is 2.00. The fourth-order valence-electron chi connectivity index (χ4n) is 2.06. The van der Waals surface area contributed by atoms with Crippen LogP contribution in [0.1, 0.15) is 24.1 Å². The maximum atomic E-state index is 6.01. The molecule has 116 valence electrons. The van der Waals surface area contributed by atoms with Gasteiger partial charge in [0, 0.05) is 10.7 Å². The number of halogens is 1. The fourth-order valence-corrected chi connectivity index (χ4v) is 2.52. The van der Waals surface area contributed by atoms with Crippen LogP contribution in [0.4, 0.5) is 5.69 Å². The van der Waals surface area contributed by atoms with E-state index in [-0.39, 0.29) is 6.04 Å². The topological polar surface area (TPSA) is 33.3 Å². The molecule has 0 saturated carbocycles. The number of thiocarbonyl (C=S) groups is 1. The van der Waals surface area contributed by atoms with Gasteiger partial charge in [-0.25, -0.2) is 0 Å². The molecule has 2 aromatic carbocycles. The van der Waals surface area contributed by atoms with Gasteiger partial charge in [0.05, 0.1) is 13.2 Å². The molecule has 2 rings (SSSR count). The molecule has 1 atom stereocenters. The second-order valence-corrected chi connectivity index (χ2v) is 5.90. The van der Waals surface area contributed by atoms with E-state index in [0.717, 1.165) is 22.6 Å². The van der Waals surface area contributed by atoms with Gasteiger partial charge in [0.25, 0.3) is 0 Å². The molecule has 0 radical (unpaired) electrons. The molecule has 0 heterocycles. The summed E-state index contributed by atoms with van der Waals surface area (Å²) in [5, 5.41) is 7.69. The maximum absolute atomic E-state index is 6.01. The molecule has 0 aliphatic heterocycles. The smallest absolute Gasteiger partial charge is 0.171 e. The number of anilines is 1. The predicted molar refractivity (Wildman–Crippen MR) is 97.0 cm³/mol. The predicted octanol–water partition coefficient (Wildman–Crippen LogP) is 4.70. The molecular formula is C17H19ClN2OS. The molecule has 2 N–H and O–H groups in total. The van der Waals surface area contributed by atoms with Crippen LogP contribution >= 0.6 is 23.8 Å². The number of rotatable bonds is 4. The lowest BCUT2D eigenvalue weighted by atomic mass is 10.1. The van der Waals surface area contributed by atoms with Gasteiger partial charge >= 0.3 is 0 Å². The van der Waals surface area contributed by atoms with E-state index >= 15 is 0 Å². The summed E-state index contributed by atoms with van der Waals surface area (Å²) >= 11 is 11.4. The van der Waals surface area contributed by atoms with Gasteiger partial charge in [-0.3, -0.25) is 0 Å². The average Bonchev–Trinajstić information content (AvgIpc) is 2.51. The van der Waals surface area contributed by atoms with Crippen molar-refractivity contribution in [3.05, 3.63) is 58.6 Å². The van der Waals surface area contributed by atoms with E-state index in [2.05, 4.69) is 17.6 Å². The van der Waals surface area contributed by atoms with Crippen LogP contribution in [0.5, 0.6) is 5.75 Å². The first-order chi connectivity index (χ1) is 10.5. The number of nitrogens with one attached hydrogen (secondary N) is 2. The lowest BCUT2D eigenvalue weighted by molar-refractivity contribution is 0.414. The summed E-state index contributed by atoms with van der Waals surface area (Å²) in [7, 11) is 1.66. The Labute approximate surface area is 141 Å². The van der Waals surface area contributed by atoms with Crippen molar-refractivity contribution in [1.29, 1.82) is 0 Å². The Hall–Kier alpha value is -1.78. The zero-order valence-electron chi connectivity index (χ0n) is 12.8. The minimum Gasteiger partial charge on any atom is -0.497 e. The summed E-state index contributed by atoms with van der Waals surface area (Å²) in [5.41, 5.74) is 3.13. The molecule has 5 heteroatoms. The highest BCUT2D eigenvalue weighted by molar-refractivity contribution is 7.80. The Morgan fingerprint density at radius 3 is 2.50 bits per heavy atom. The number of ether oxygens (including phenoxy) is 1. The van der Waals surface area contributed by atoms with Crippen molar-refractivity contribution in [2.45, 2.75) is 19.9 Å². The van der Waals surface area contributed by atoms with Crippen molar-refractivity contribution in [1.82, 2.24) is 5.32 Å². The molecule has 2 aromatic rings. The van der Waals surface area contributed by atoms with Gasteiger partial charge in [-0.2, -0.15) is 0 Å². The third kappa shape index (κ3) is 4.36. The van der Waals surface area contributed by atoms with Gasteiger partial charge in [0.2, 0.25) is 0 Å². The van der Waals surface area contributed by atoms with E-state index in [1.54, 1.807) is 7.11 Å². The van der Waals surface area contributed by atoms with Crippen molar-refractivity contribution >= 4 is 34.6 Å². The largest absolute Gasteiger partial charge is 0.497 e. The van der Waals surface area contributed by atoms with Gasteiger partial charge < -0.3 is 15.4 Å². The molecule has 1 unspecified atom stereocenters. The Bertz CT molecular complexity index is 658. The SMILES string of the molecule is COc1ccc(C(C)NC(=S)Nc2cc(Cl)ccc2C)cc1. The molecule has 0 amide bonds. The standard InChI is InChI=1S/C17H19ClN2OS/c1-11-4-7-14(18)10-16(11)20-17(22)19-12(2)13-5-8-15(21-3)9-6-13/h4-10,12H,1-3H3,(H2,19,20,22). The van der Waals surface area contributed by atoms with Crippen LogP contribution in [0.25, 0.3) is 0 Å². The minimum atomic E-state index is 0.0883. The summed E-state index contributed by atoms with van der Waals surface area (Å²) in [6.45, 7) is 4.06.